The quantitative estimate of drug-likeness (QED) is 0.866. The molecule has 2 aliphatic heterocycles. The Balaban J connectivity index is 1.56. The summed E-state index contributed by atoms with van der Waals surface area (Å²) in [6, 6.07) is 4.34. The first-order chi connectivity index (χ1) is 11.5. The Hall–Kier alpha value is -1.33. The van der Waals surface area contributed by atoms with E-state index in [1.54, 1.807) is 0 Å². The summed E-state index contributed by atoms with van der Waals surface area (Å²) in [6.45, 7) is 8.81. The van der Waals surface area contributed by atoms with E-state index in [4.69, 9.17) is 0 Å². The van der Waals surface area contributed by atoms with Crippen molar-refractivity contribution in [3.8, 4) is 0 Å². The van der Waals surface area contributed by atoms with E-state index in [-0.39, 0.29) is 17.4 Å². The smallest absolute Gasteiger partial charge is 0.226 e. The molecule has 5 heteroatoms. The van der Waals surface area contributed by atoms with E-state index in [1.165, 1.54) is 12.1 Å². The Morgan fingerprint density at radius 3 is 2.83 bits per heavy atom. The normalized spacial score (nSPS) is 24.5. The van der Waals surface area contributed by atoms with Gasteiger partial charge in [-0.1, -0.05) is 13.8 Å². The first kappa shape index (κ1) is 17.5. The number of β-amino-alcohol motifs (C(OH)–C–C–N with tert-alkyl or cyclic N) is 1. The van der Waals surface area contributed by atoms with Gasteiger partial charge < -0.3 is 15.0 Å². The molecule has 0 aromatic carbocycles. The van der Waals surface area contributed by atoms with Gasteiger partial charge in [0.25, 0.3) is 0 Å². The zero-order valence-corrected chi connectivity index (χ0v) is 15.0. The van der Waals surface area contributed by atoms with E-state index in [0.717, 1.165) is 39.0 Å². The van der Waals surface area contributed by atoms with E-state index in [9.17, 15) is 9.90 Å². The molecule has 5 nitrogen and oxygen atoms in total. The number of hydrogen-bond donors (Lipinski definition) is 2. The highest BCUT2D eigenvalue weighted by molar-refractivity contribution is 5.83. The van der Waals surface area contributed by atoms with Gasteiger partial charge in [0.05, 0.1) is 11.5 Å². The third-order valence-electron chi connectivity index (χ3n) is 5.68. The maximum Gasteiger partial charge on any atom is 0.226 e. The van der Waals surface area contributed by atoms with Crippen LogP contribution in [0.15, 0.2) is 18.3 Å². The maximum absolute atomic E-state index is 12.3. The lowest BCUT2D eigenvalue weighted by atomic mass is 9.71. The number of nitrogens with zero attached hydrogens (tertiary/aromatic N) is 2. The Kier molecular flexibility index (Phi) is 5.30. The molecule has 0 bridgehead atoms. The predicted octanol–water partition coefficient (Wildman–Crippen LogP) is 2.00. The molecule has 0 radical (unpaired) electrons. The molecule has 2 aliphatic rings. The van der Waals surface area contributed by atoms with Crippen LogP contribution in [0.4, 0.5) is 0 Å². The van der Waals surface area contributed by atoms with Gasteiger partial charge in [0.2, 0.25) is 5.91 Å². The molecule has 3 rings (SSSR count). The number of aliphatic hydroxyl groups is 1. The number of carbonyl (C=O) groups is 1. The zero-order valence-electron chi connectivity index (χ0n) is 15.0. The number of aryl methyl sites for hydroxylation is 1. The lowest BCUT2D eigenvalue weighted by molar-refractivity contribution is -0.141. The molecule has 0 aliphatic carbocycles. The van der Waals surface area contributed by atoms with Crippen LogP contribution in [0.5, 0.6) is 0 Å². The number of amides is 1. The summed E-state index contributed by atoms with van der Waals surface area (Å²) >= 11 is 0. The maximum atomic E-state index is 12.3. The third-order valence-corrected chi connectivity index (χ3v) is 5.68. The van der Waals surface area contributed by atoms with Crippen molar-refractivity contribution < 1.29 is 9.90 Å². The number of hydrogen-bond acceptors (Lipinski definition) is 3. The van der Waals surface area contributed by atoms with Crippen LogP contribution >= 0.6 is 0 Å². The van der Waals surface area contributed by atoms with Gasteiger partial charge >= 0.3 is 0 Å². The molecule has 1 amide bonds. The molecule has 1 spiro atoms. The second kappa shape index (κ2) is 7.28. The highest BCUT2D eigenvalue weighted by atomic mass is 16.3. The van der Waals surface area contributed by atoms with Crippen molar-refractivity contribution in [2.45, 2.75) is 58.7 Å². The summed E-state index contributed by atoms with van der Waals surface area (Å²) in [5.41, 5.74) is 1.02. The summed E-state index contributed by atoms with van der Waals surface area (Å²) in [6.07, 6.45) is 5.31. The number of aromatic nitrogens is 1. The molecule has 2 saturated heterocycles. The van der Waals surface area contributed by atoms with Gasteiger partial charge in [0.15, 0.2) is 0 Å². The van der Waals surface area contributed by atoms with Gasteiger partial charge in [0.1, 0.15) is 0 Å². The van der Waals surface area contributed by atoms with Gasteiger partial charge in [0, 0.05) is 31.5 Å². The average Bonchev–Trinajstić information content (AvgIpc) is 2.99. The average molecular weight is 333 g/mol. The molecule has 1 unspecified atom stereocenters. The number of carbonyl (C=O) groups excluding carboxylic acids is 1. The number of likely N-dealkylation sites (tertiary alicyclic amines) is 1. The van der Waals surface area contributed by atoms with E-state index in [2.05, 4.69) is 47.0 Å². The Bertz CT molecular complexity index is 559. The number of piperidine rings is 2. The van der Waals surface area contributed by atoms with Crippen LogP contribution < -0.4 is 5.32 Å². The van der Waals surface area contributed by atoms with Crippen molar-refractivity contribution in [1.29, 1.82) is 0 Å². The van der Waals surface area contributed by atoms with Gasteiger partial charge in [-0.2, -0.15) is 0 Å². The highest BCUT2D eigenvalue weighted by Gasteiger charge is 2.45. The monoisotopic (exact) mass is 333 g/mol. The van der Waals surface area contributed by atoms with Crippen molar-refractivity contribution in [3.05, 3.63) is 24.0 Å². The molecule has 1 atom stereocenters. The fourth-order valence-corrected chi connectivity index (χ4v) is 4.02. The van der Waals surface area contributed by atoms with Crippen LogP contribution in [-0.2, 0) is 17.9 Å². The standard InChI is InChI=1S/C19H31N3O2/c1-15(2)5-9-22-8-3-4-16(22)14-21-10-6-19(7-11-21)12-17(23)13-20-18(19)24/h3-4,8,15,17,23H,5-7,9-14H2,1-2H3,(H,20,24). The Morgan fingerprint density at radius 1 is 1.38 bits per heavy atom. The number of nitrogens with one attached hydrogen (secondary N) is 1. The minimum atomic E-state index is -0.387. The molecule has 134 valence electrons. The SMILES string of the molecule is CC(C)CCn1cccc1CN1CCC2(CC1)CC(O)CNC2=O. The van der Waals surface area contributed by atoms with Crippen molar-refractivity contribution in [2.24, 2.45) is 11.3 Å². The first-order valence-corrected chi connectivity index (χ1v) is 9.31. The Morgan fingerprint density at radius 2 is 2.12 bits per heavy atom. The molecule has 1 aromatic heterocycles. The number of aliphatic hydroxyl groups excluding tert-OH is 1. The van der Waals surface area contributed by atoms with Gasteiger partial charge in [-0.25, -0.2) is 0 Å². The third kappa shape index (κ3) is 3.83. The molecule has 24 heavy (non-hydrogen) atoms. The fourth-order valence-electron chi connectivity index (χ4n) is 4.02. The minimum Gasteiger partial charge on any atom is -0.391 e. The summed E-state index contributed by atoms with van der Waals surface area (Å²) in [7, 11) is 0. The van der Waals surface area contributed by atoms with Crippen LogP contribution in [0.2, 0.25) is 0 Å². The van der Waals surface area contributed by atoms with E-state index in [0.29, 0.717) is 18.9 Å². The van der Waals surface area contributed by atoms with Gasteiger partial charge in [-0.05, 0) is 56.8 Å². The zero-order chi connectivity index (χ0) is 17.2. The lowest BCUT2D eigenvalue weighted by Gasteiger charge is -2.44. The van der Waals surface area contributed by atoms with Crippen molar-refractivity contribution in [1.82, 2.24) is 14.8 Å². The summed E-state index contributed by atoms with van der Waals surface area (Å²) in [5, 5.41) is 12.8. The highest BCUT2D eigenvalue weighted by Crippen LogP contribution is 2.38. The van der Waals surface area contributed by atoms with Crippen LogP contribution in [0.1, 0.15) is 45.2 Å². The molecular weight excluding hydrogens is 302 g/mol. The second-order valence-corrected chi connectivity index (χ2v) is 8.00. The summed E-state index contributed by atoms with van der Waals surface area (Å²) in [4.78, 5) is 14.7. The van der Waals surface area contributed by atoms with Crippen LogP contribution in [0.25, 0.3) is 0 Å². The largest absolute Gasteiger partial charge is 0.391 e. The van der Waals surface area contributed by atoms with Crippen LogP contribution in [-0.4, -0.2) is 46.2 Å². The minimum absolute atomic E-state index is 0.146. The summed E-state index contributed by atoms with van der Waals surface area (Å²) < 4.78 is 2.36. The van der Waals surface area contributed by atoms with Crippen LogP contribution in [0.3, 0.4) is 0 Å². The van der Waals surface area contributed by atoms with Gasteiger partial charge in [-0.15, -0.1) is 0 Å². The van der Waals surface area contributed by atoms with Crippen molar-refractivity contribution >= 4 is 5.91 Å². The topological polar surface area (TPSA) is 57.5 Å². The van der Waals surface area contributed by atoms with Crippen LogP contribution in [0, 0.1) is 11.3 Å². The van der Waals surface area contributed by atoms with E-state index >= 15 is 0 Å². The van der Waals surface area contributed by atoms with Crippen molar-refractivity contribution in [3.63, 3.8) is 0 Å². The lowest BCUT2D eigenvalue weighted by Crippen LogP contribution is -2.55. The van der Waals surface area contributed by atoms with Crippen molar-refractivity contribution in [2.75, 3.05) is 19.6 Å². The molecule has 1 aromatic rings. The first-order valence-electron chi connectivity index (χ1n) is 9.31. The molecule has 2 N–H and O–H groups in total. The van der Waals surface area contributed by atoms with Gasteiger partial charge in [-0.3, -0.25) is 9.69 Å². The molecule has 2 fully saturated rings. The summed E-state index contributed by atoms with van der Waals surface area (Å²) in [5.74, 6) is 0.860. The molecular formula is C19H31N3O2. The Labute approximate surface area is 145 Å². The molecule has 0 saturated carbocycles. The second-order valence-electron chi connectivity index (χ2n) is 8.00. The fraction of sp³-hybridized carbons (Fsp3) is 0.737. The molecule has 3 heterocycles. The van der Waals surface area contributed by atoms with E-state index in [1.807, 2.05) is 0 Å². The number of rotatable bonds is 5. The predicted molar refractivity (Wildman–Crippen MR) is 94.5 cm³/mol. The van der Waals surface area contributed by atoms with E-state index < -0.39 is 0 Å².